The topological polar surface area (TPSA) is 39.5 Å². The fourth-order valence-electron chi connectivity index (χ4n) is 3.85. The molecule has 5 nitrogen and oxygen atoms in total. The standard InChI is InChI=1S/C19H25N3O2/c1-23-17-4-2-16(3-5-17)18-13-21-9-8-20-19(21)14-22(18)12-15-6-10-24-11-7-15/h2-5,8-9,15,18H,6-7,10-14H2,1H3. The van der Waals surface area contributed by atoms with Crippen molar-refractivity contribution in [3.63, 3.8) is 0 Å². The van der Waals surface area contributed by atoms with E-state index >= 15 is 0 Å². The summed E-state index contributed by atoms with van der Waals surface area (Å²) in [6.07, 6.45) is 6.34. The molecule has 1 unspecified atom stereocenters. The molecule has 0 bridgehead atoms. The van der Waals surface area contributed by atoms with E-state index < -0.39 is 0 Å². The van der Waals surface area contributed by atoms with Crippen LogP contribution in [0.2, 0.25) is 0 Å². The third-order valence-corrected chi connectivity index (χ3v) is 5.29. The molecule has 0 radical (unpaired) electrons. The number of rotatable bonds is 4. The quantitative estimate of drug-likeness (QED) is 0.866. The number of fused-ring (bicyclic) bond motifs is 1. The van der Waals surface area contributed by atoms with E-state index in [0.29, 0.717) is 6.04 Å². The van der Waals surface area contributed by atoms with E-state index in [1.807, 2.05) is 6.20 Å². The maximum absolute atomic E-state index is 5.52. The smallest absolute Gasteiger partial charge is 0.122 e. The van der Waals surface area contributed by atoms with E-state index in [2.05, 4.69) is 44.9 Å². The zero-order valence-corrected chi connectivity index (χ0v) is 14.2. The highest BCUT2D eigenvalue weighted by Gasteiger charge is 2.30. The Labute approximate surface area is 143 Å². The Balaban J connectivity index is 1.57. The van der Waals surface area contributed by atoms with Gasteiger partial charge in [0.05, 0.1) is 19.7 Å². The number of hydrogen-bond acceptors (Lipinski definition) is 4. The van der Waals surface area contributed by atoms with Gasteiger partial charge in [-0.15, -0.1) is 0 Å². The SMILES string of the molecule is COc1ccc(C2Cn3ccnc3CN2CC2CCOCC2)cc1. The second-order valence-electron chi connectivity index (χ2n) is 6.77. The van der Waals surface area contributed by atoms with Crippen LogP contribution in [0, 0.1) is 5.92 Å². The van der Waals surface area contributed by atoms with Gasteiger partial charge >= 0.3 is 0 Å². The van der Waals surface area contributed by atoms with Gasteiger partial charge in [0.1, 0.15) is 11.6 Å². The number of nitrogens with zero attached hydrogens (tertiary/aromatic N) is 3. The van der Waals surface area contributed by atoms with Crippen LogP contribution in [0.4, 0.5) is 0 Å². The zero-order valence-electron chi connectivity index (χ0n) is 14.2. The molecule has 2 aliphatic heterocycles. The van der Waals surface area contributed by atoms with Crippen molar-refractivity contribution in [1.29, 1.82) is 0 Å². The monoisotopic (exact) mass is 327 g/mol. The number of aromatic nitrogens is 2. The summed E-state index contributed by atoms with van der Waals surface area (Å²) >= 11 is 0. The summed E-state index contributed by atoms with van der Waals surface area (Å²) in [7, 11) is 1.71. The number of imidazole rings is 1. The van der Waals surface area contributed by atoms with Gasteiger partial charge in [-0.1, -0.05) is 12.1 Å². The first-order chi connectivity index (χ1) is 11.8. The van der Waals surface area contributed by atoms with Gasteiger partial charge in [0.15, 0.2) is 0 Å². The molecule has 128 valence electrons. The highest BCUT2D eigenvalue weighted by Crippen LogP contribution is 2.32. The molecular weight excluding hydrogens is 302 g/mol. The van der Waals surface area contributed by atoms with Crippen LogP contribution in [0.15, 0.2) is 36.7 Å². The summed E-state index contributed by atoms with van der Waals surface area (Å²) < 4.78 is 13.1. The maximum Gasteiger partial charge on any atom is 0.122 e. The first-order valence-corrected chi connectivity index (χ1v) is 8.79. The van der Waals surface area contributed by atoms with E-state index in [-0.39, 0.29) is 0 Å². The van der Waals surface area contributed by atoms with Crippen LogP contribution in [0.25, 0.3) is 0 Å². The minimum Gasteiger partial charge on any atom is -0.497 e. The van der Waals surface area contributed by atoms with E-state index in [9.17, 15) is 0 Å². The molecule has 2 aromatic rings. The fraction of sp³-hybridized carbons (Fsp3) is 0.526. The molecule has 0 saturated carbocycles. The second kappa shape index (κ2) is 6.95. The molecule has 1 atom stereocenters. The third kappa shape index (κ3) is 3.19. The van der Waals surface area contributed by atoms with Crippen molar-refractivity contribution in [3.8, 4) is 5.75 Å². The minimum atomic E-state index is 0.389. The molecule has 24 heavy (non-hydrogen) atoms. The van der Waals surface area contributed by atoms with Gasteiger partial charge in [0, 0.05) is 38.7 Å². The van der Waals surface area contributed by atoms with E-state index in [1.54, 1.807) is 7.11 Å². The summed E-state index contributed by atoms with van der Waals surface area (Å²) in [4.78, 5) is 7.13. The molecule has 0 aliphatic carbocycles. The molecule has 3 heterocycles. The largest absolute Gasteiger partial charge is 0.497 e. The van der Waals surface area contributed by atoms with Crippen molar-refractivity contribution < 1.29 is 9.47 Å². The lowest BCUT2D eigenvalue weighted by molar-refractivity contribution is 0.0351. The highest BCUT2D eigenvalue weighted by atomic mass is 16.5. The molecule has 2 aliphatic rings. The van der Waals surface area contributed by atoms with Crippen molar-refractivity contribution in [3.05, 3.63) is 48.0 Å². The van der Waals surface area contributed by atoms with Crippen LogP contribution < -0.4 is 4.74 Å². The molecule has 4 rings (SSSR count). The molecule has 0 N–H and O–H groups in total. The van der Waals surface area contributed by atoms with Crippen LogP contribution in [0.1, 0.15) is 30.3 Å². The number of methoxy groups -OCH3 is 1. The predicted octanol–water partition coefficient (Wildman–Crippen LogP) is 2.88. The van der Waals surface area contributed by atoms with Crippen LogP contribution in [0.5, 0.6) is 5.75 Å². The zero-order chi connectivity index (χ0) is 16.4. The van der Waals surface area contributed by atoms with E-state index in [0.717, 1.165) is 44.5 Å². The Morgan fingerprint density at radius 3 is 2.75 bits per heavy atom. The molecule has 1 aromatic carbocycles. The van der Waals surface area contributed by atoms with Gasteiger partial charge in [-0.25, -0.2) is 4.98 Å². The summed E-state index contributed by atoms with van der Waals surface area (Å²) in [6, 6.07) is 8.90. The molecule has 1 aromatic heterocycles. The van der Waals surface area contributed by atoms with Crippen molar-refractivity contribution in [2.75, 3.05) is 26.9 Å². The lowest BCUT2D eigenvalue weighted by Gasteiger charge is -2.39. The maximum atomic E-state index is 5.52. The number of hydrogen-bond donors (Lipinski definition) is 0. The Kier molecular flexibility index (Phi) is 4.54. The van der Waals surface area contributed by atoms with E-state index in [4.69, 9.17) is 9.47 Å². The summed E-state index contributed by atoms with van der Waals surface area (Å²) in [5.74, 6) is 2.81. The molecule has 0 amide bonds. The second-order valence-corrected chi connectivity index (χ2v) is 6.77. The Bertz CT molecular complexity index is 662. The van der Waals surface area contributed by atoms with Crippen LogP contribution in [-0.4, -0.2) is 41.3 Å². The van der Waals surface area contributed by atoms with Gasteiger partial charge in [-0.3, -0.25) is 4.90 Å². The average molecular weight is 327 g/mol. The molecule has 1 saturated heterocycles. The van der Waals surface area contributed by atoms with Gasteiger partial charge < -0.3 is 14.0 Å². The van der Waals surface area contributed by atoms with Crippen molar-refractivity contribution in [2.24, 2.45) is 5.92 Å². The van der Waals surface area contributed by atoms with Gasteiger partial charge in [-0.2, -0.15) is 0 Å². The fourth-order valence-corrected chi connectivity index (χ4v) is 3.85. The Morgan fingerprint density at radius 1 is 1.21 bits per heavy atom. The number of ether oxygens (including phenoxy) is 2. The van der Waals surface area contributed by atoms with Crippen molar-refractivity contribution in [1.82, 2.24) is 14.5 Å². The van der Waals surface area contributed by atoms with Gasteiger partial charge in [0.25, 0.3) is 0 Å². The summed E-state index contributed by atoms with van der Waals surface area (Å²) in [5, 5.41) is 0. The highest BCUT2D eigenvalue weighted by molar-refractivity contribution is 5.29. The molecular formula is C19H25N3O2. The lowest BCUT2D eigenvalue weighted by atomic mass is 9.96. The normalized spacial score (nSPS) is 22.3. The van der Waals surface area contributed by atoms with Crippen LogP contribution >= 0.6 is 0 Å². The molecule has 1 fully saturated rings. The molecule has 0 spiro atoms. The van der Waals surface area contributed by atoms with Gasteiger partial charge in [-0.05, 0) is 36.5 Å². The Morgan fingerprint density at radius 2 is 2.00 bits per heavy atom. The van der Waals surface area contributed by atoms with Gasteiger partial charge in [0.2, 0.25) is 0 Å². The first-order valence-electron chi connectivity index (χ1n) is 8.79. The molecule has 5 heteroatoms. The lowest BCUT2D eigenvalue weighted by Crippen LogP contribution is -2.40. The van der Waals surface area contributed by atoms with Crippen molar-refractivity contribution in [2.45, 2.75) is 32.0 Å². The summed E-state index contributed by atoms with van der Waals surface area (Å²) in [6.45, 7) is 4.81. The van der Waals surface area contributed by atoms with E-state index in [1.165, 1.54) is 24.2 Å². The summed E-state index contributed by atoms with van der Waals surface area (Å²) in [5.41, 5.74) is 1.35. The first kappa shape index (κ1) is 15.7. The number of benzene rings is 1. The van der Waals surface area contributed by atoms with Crippen LogP contribution in [0.3, 0.4) is 0 Å². The van der Waals surface area contributed by atoms with Crippen LogP contribution in [-0.2, 0) is 17.8 Å². The average Bonchev–Trinajstić information content (AvgIpc) is 3.09. The van der Waals surface area contributed by atoms with Crippen molar-refractivity contribution >= 4 is 0 Å². The minimum absolute atomic E-state index is 0.389. The third-order valence-electron chi connectivity index (χ3n) is 5.29. The Hall–Kier alpha value is -1.85. The predicted molar refractivity (Wildman–Crippen MR) is 91.9 cm³/mol.